The molecule has 0 bridgehead atoms. The highest BCUT2D eigenvalue weighted by atomic mass is 16.5. The molecule has 17 heavy (non-hydrogen) atoms. The summed E-state index contributed by atoms with van der Waals surface area (Å²) in [6.07, 6.45) is 0. The SMILES string of the molecule is COc1ccc2nc(C)cc(OC)c2c1C#N. The quantitative estimate of drug-likeness (QED) is 0.792. The van der Waals surface area contributed by atoms with Gasteiger partial charge in [0, 0.05) is 11.8 Å². The molecule has 1 aromatic heterocycles. The molecule has 4 nitrogen and oxygen atoms in total. The van der Waals surface area contributed by atoms with Crippen LogP contribution in [0.25, 0.3) is 10.9 Å². The summed E-state index contributed by atoms with van der Waals surface area (Å²) in [6.45, 7) is 1.89. The van der Waals surface area contributed by atoms with Gasteiger partial charge in [-0.05, 0) is 19.1 Å². The van der Waals surface area contributed by atoms with E-state index in [0.29, 0.717) is 22.4 Å². The van der Waals surface area contributed by atoms with Crippen LogP contribution in [0.1, 0.15) is 11.3 Å². The van der Waals surface area contributed by atoms with Crippen molar-refractivity contribution in [2.24, 2.45) is 0 Å². The minimum atomic E-state index is 0.453. The summed E-state index contributed by atoms with van der Waals surface area (Å²) in [4.78, 5) is 4.38. The van der Waals surface area contributed by atoms with Crippen LogP contribution in [0.5, 0.6) is 11.5 Å². The third kappa shape index (κ3) is 1.76. The van der Waals surface area contributed by atoms with Gasteiger partial charge in [0.1, 0.15) is 23.1 Å². The van der Waals surface area contributed by atoms with Gasteiger partial charge in [0.25, 0.3) is 0 Å². The number of aryl methyl sites for hydroxylation is 1. The van der Waals surface area contributed by atoms with Gasteiger partial charge in [-0.15, -0.1) is 0 Å². The number of nitriles is 1. The van der Waals surface area contributed by atoms with Crippen molar-refractivity contribution in [2.45, 2.75) is 6.92 Å². The minimum Gasteiger partial charge on any atom is -0.496 e. The molecule has 0 atom stereocenters. The van der Waals surface area contributed by atoms with E-state index in [2.05, 4.69) is 11.1 Å². The van der Waals surface area contributed by atoms with Gasteiger partial charge in [-0.2, -0.15) is 5.26 Å². The highest BCUT2D eigenvalue weighted by Gasteiger charge is 2.13. The Kier molecular flexibility index (Phi) is 2.84. The van der Waals surface area contributed by atoms with E-state index in [1.807, 2.05) is 19.1 Å². The van der Waals surface area contributed by atoms with Crippen LogP contribution in [-0.4, -0.2) is 19.2 Å². The highest BCUT2D eigenvalue weighted by Crippen LogP contribution is 2.33. The summed E-state index contributed by atoms with van der Waals surface area (Å²) >= 11 is 0. The third-order valence-electron chi connectivity index (χ3n) is 2.58. The molecule has 0 radical (unpaired) electrons. The fourth-order valence-corrected chi connectivity index (χ4v) is 1.84. The molecule has 0 saturated carbocycles. The van der Waals surface area contributed by atoms with Crippen molar-refractivity contribution in [3.63, 3.8) is 0 Å². The number of pyridine rings is 1. The number of benzene rings is 1. The number of ether oxygens (including phenoxy) is 2. The zero-order valence-electron chi connectivity index (χ0n) is 9.94. The van der Waals surface area contributed by atoms with Crippen LogP contribution in [-0.2, 0) is 0 Å². The van der Waals surface area contributed by atoms with Crippen LogP contribution in [0, 0.1) is 18.3 Å². The Balaban J connectivity index is 2.92. The van der Waals surface area contributed by atoms with E-state index in [-0.39, 0.29) is 0 Å². The smallest absolute Gasteiger partial charge is 0.137 e. The molecule has 2 aromatic rings. The van der Waals surface area contributed by atoms with Crippen LogP contribution < -0.4 is 9.47 Å². The van der Waals surface area contributed by atoms with E-state index in [9.17, 15) is 5.26 Å². The predicted octanol–water partition coefficient (Wildman–Crippen LogP) is 2.43. The van der Waals surface area contributed by atoms with Gasteiger partial charge in [-0.25, -0.2) is 0 Å². The van der Waals surface area contributed by atoms with Crippen molar-refractivity contribution >= 4 is 10.9 Å². The van der Waals surface area contributed by atoms with E-state index in [1.165, 1.54) is 7.11 Å². The van der Waals surface area contributed by atoms with Gasteiger partial charge < -0.3 is 9.47 Å². The lowest BCUT2D eigenvalue weighted by molar-refractivity contribution is 0.410. The molecule has 0 aliphatic rings. The minimum absolute atomic E-state index is 0.453. The van der Waals surface area contributed by atoms with Gasteiger partial charge in [0.2, 0.25) is 0 Å². The fraction of sp³-hybridized carbons (Fsp3) is 0.231. The molecule has 0 N–H and O–H groups in total. The molecule has 0 unspecified atom stereocenters. The topological polar surface area (TPSA) is 55.1 Å². The zero-order valence-corrected chi connectivity index (χ0v) is 9.94. The van der Waals surface area contributed by atoms with Crippen molar-refractivity contribution in [3.8, 4) is 17.6 Å². The van der Waals surface area contributed by atoms with E-state index in [1.54, 1.807) is 13.2 Å². The van der Waals surface area contributed by atoms with Crippen molar-refractivity contribution < 1.29 is 9.47 Å². The third-order valence-corrected chi connectivity index (χ3v) is 2.58. The van der Waals surface area contributed by atoms with Gasteiger partial charge in [-0.3, -0.25) is 4.98 Å². The molecule has 0 aliphatic carbocycles. The maximum atomic E-state index is 9.22. The number of nitrogens with zero attached hydrogens (tertiary/aromatic N) is 2. The Morgan fingerprint density at radius 2 is 1.88 bits per heavy atom. The largest absolute Gasteiger partial charge is 0.496 e. The molecule has 2 rings (SSSR count). The second-order valence-corrected chi connectivity index (χ2v) is 3.61. The predicted molar refractivity (Wildman–Crippen MR) is 64.3 cm³/mol. The van der Waals surface area contributed by atoms with Crippen LogP contribution >= 0.6 is 0 Å². The molecular weight excluding hydrogens is 216 g/mol. The average molecular weight is 228 g/mol. The van der Waals surface area contributed by atoms with Crippen LogP contribution in [0.3, 0.4) is 0 Å². The number of hydrogen-bond acceptors (Lipinski definition) is 4. The second kappa shape index (κ2) is 4.30. The van der Waals surface area contributed by atoms with Crippen molar-refractivity contribution in [1.29, 1.82) is 5.26 Å². The zero-order chi connectivity index (χ0) is 12.4. The molecule has 1 heterocycles. The van der Waals surface area contributed by atoms with Gasteiger partial charge in [0.15, 0.2) is 0 Å². The molecule has 86 valence electrons. The van der Waals surface area contributed by atoms with Crippen molar-refractivity contribution in [3.05, 3.63) is 29.5 Å². The van der Waals surface area contributed by atoms with E-state index in [0.717, 1.165) is 11.2 Å². The van der Waals surface area contributed by atoms with Gasteiger partial charge in [-0.1, -0.05) is 0 Å². The lowest BCUT2D eigenvalue weighted by Crippen LogP contribution is -1.95. The molecule has 4 heteroatoms. The maximum absolute atomic E-state index is 9.22. The first kappa shape index (κ1) is 11.2. The first-order valence-electron chi connectivity index (χ1n) is 5.13. The molecule has 0 spiro atoms. The Morgan fingerprint density at radius 1 is 1.18 bits per heavy atom. The average Bonchev–Trinajstić information content (AvgIpc) is 2.36. The Labute approximate surface area is 99.4 Å². The van der Waals surface area contributed by atoms with Crippen LogP contribution in [0.2, 0.25) is 0 Å². The summed E-state index contributed by atoms with van der Waals surface area (Å²) in [5, 5.41) is 9.92. The number of fused-ring (bicyclic) bond motifs is 1. The standard InChI is InChI=1S/C13H12N2O2/c1-8-6-12(17-3)13-9(7-14)11(16-2)5-4-10(13)15-8/h4-6H,1-3H3. The maximum Gasteiger partial charge on any atom is 0.137 e. The molecular formula is C13H12N2O2. The highest BCUT2D eigenvalue weighted by molar-refractivity contribution is 5.92. The van der Waals surface area contributed by atoms with E-state index >= 15 is 0 Å². The summed E-state index contributed by atoms with van der Waals surface area (Å²) < 4.78 is 10.5. The van der Waals surface area contributed by atoms with E-state index < -0.39 is 0 Å². The normalized spacial score (nSPS) is 10.0. The number of rotatable bonds is 2. The van der Waals surface area contributed by atoms with Gasteiger partial charge in [0.05, 0.1) is 25.1 Å². The van der Waals surface area contributed by atoms with Crippen LogP contribution in [0.4, 0.5) is 0 Å². The van der Waals surface area contributed by atoms with E-state index in [4.69, 9.17) is 9.47 Å². The Hall–Kier alpha value is -2.28. The lowest BCUT2D eigenvalue weighted by Gasteiger charge is -2.10. The first-order valence-corrected chi connectivity index (χ1v) is 5.13. The number of hydrogen-bond donors (Lipinski definition) is 0. The Bertz CT molecular complexity index is 615. The number of aromatic nitrogens is 1. The molecule has 0 fully saturated rings. The molecule has 0 aliphatic heterocycles. The van der Waals surface area contributed by atoms with Crippen molar-refractivity contribution in [1.82, 2.24) is 4.98 Å². The molecule has 0 amide bonds. The Morgan fingerprint density at radius 3 is 2.47 bits per heavy atom. The van der Waals surface area contributed by atoms with Crippen molar-refractivity contribution in [2.75, 3.05) is 14.2 Å². The molecule has 0 saturated heterocycles. The summed E-state index contributed by atoms with van der Waals surface area (Å²) in [5.41, 5.74) is 2.04. The summed E-state index contributed by atoms with van der Waals surface area (Å²) in [7, 11) is 3.12. The van der Waals surface area contributed by atoms with Crippen LogP contribution in [0.15, 0.2) is 18.2 Å². The monoisotopic (exact) mass is 228 g/mol. The summed E-state index contributed by atoms with van der Waals surface area (Å²) in [6, 6.07) is 7.51. The first-order chi connectivity index (χ1) is 8.21. The molecule has 1 aromatic carbocycles. The lowest BCUT2D eigenvalue weighted by atomic mass is 10.1. The second-order valence-electron chi connectivity index (χ2n) is 3.61. The summed E-state index contributed by atoms with van der Waals surface area (Å²) in [5.74, 6) is 1.17. The number of methoxy groups -OCH3 is 2. The van der Waals surface area contributed by atoms with Gasteiger partial charge >= 0.3 is 0 Å². The fourth-order valence-electron chi connectivity index (χ4n) is 1.84.